The predicted octanol–water partition coefficient (Wildman–Crippen LogP) is 5.39. The lowest BCUT2D eigenvalue weighted by Gasteiger charge is -2.17. The van der Waals surface area contributed by atoms with Gasteiger partial charge in [-0.1, -0.05) is 24.6 Å². The second kappa shape index (κ2) is 8.88. The van der Waals surface area contributed by atoms with Crippen LogP contribution in [0.5, 0.6) is 11.5 Å². The van der Waals surface area contributed by atoms with Gasteiger partial charge in [-0.3, -0.25) is 4.79 Å². The van der Waals surface area contributed by atoms with Crippen LogP contribution in [0.2, 0.25) is 5.02 Å². The third kappa shape index (κ3) is 4.57. The minimum Gasteiger partial charge on any atom is -0.493 e. The zero-order valence-corrected chi connectivity index (χ0v) is 18.5. The quantitative estimate of drug-likeness (QED) is 0.446. The summed E-state index contributed by atoms with van der Waals surface area (Å²) in [5.74, 6) is 0.647. The van der Waals surface area contributed by atoms with Gasteiger partial charge in [0.1, 0.15) is 5.70 Å². The molecule has 0 unspecified atom stereocenters. The van der Waals surface area contributed by atoms with Crippen LogP contribution >= 0.6 is 27.5 Å². The van der Waals surface area contributed by atoms with E-state index in [9.17, 15) is 9.59 Å². The second-order valence-electron chi connectivity index (χ2n) is 6.48. The van der Waals surface area contributed by atoms with Crippen LogP contribution in [0.25, 0.3) is 6.08 Å². The van der Waals surface area contributed by atoms with Crippen LogP contribution in [-0.2, 0) is 4.79 Å². The predicted molar refractivity (Wildman–Crippen MR) is 117 cm³/mol. The third-order valence-electron chi connectivity index (χ3n) is 4.40. The van der Waals surface area contributed by atoms with E-state index in [1.165, 1.54) is 0 Å². The van der Waals surface area contributed by atoms with Crippen molar-refractivity contribution in [1.29, 1.82) is 0 Å². The Morgan fingerprint density at radius 1 is 1.28 bits per heavy atom. The molecule has 0 radical (unpaired) electrons. The first-order chi connectivity index (χ1) is 13.8. The molecule has 1 N–H and O–H groups in total. The Bertz CT molecular complexity index is 993. The van der Waals surface area contributed by atoms with Crippen LogP contribution in [0.1, 0.15) is 25.8 Å². The molecule has 1 saturated heterocycles. The highest BCUT2D eigenvalue weighted by Gasteiger charge is 2.35. The molecule has 0 saturated carbocycles. The topological polar surface area (TPSA) is 67.9 Å². The van der Waals surface area contributed by atoms with Crippen LogP contribution in [0.3, 0.4) is 0 Å². The summed E-state index contributed by atoms with van der Waals surface area (Å²) in [5.41, 5.74) is 1.22. The molecule has 29 heavy (non-hydrogen) atoms. The maximum atomic E-state index is 12.8. The van der Waals surface area contributed by atoms with Crippen molar-refractivity contribution in [1.82, 2.24) is 5.32 Å². The Kier molecular flexibility index (Phi) is 6.49. The summed E-state index contributed by atoms with van der Waals surface area (Å²) in [6.07, 6.45) is 2.46. The van der Waals surface area contributed by atoms with E-state index in [2.05, 4.69) is 21.2 Å². The van der Waals surface area contributed by atoms with Gasteiger partial charge in [0, 0.05) is 5.02 Å². The molecular formula is C21H20BrClN2O4. The number of benzene rings is 2. The van der Waals surface area contributed by atoms with E-state index in [1.807, 2.05) is 13.8 Å². The van der Waals surface area contributed by atoms with E-state index in [-0.39, 0.29) is 11.8 Å². The van der Waals surface area contributed by atoms with Gasteiger partial charge in [-0.15, -0.1) is 0 Å². The molecule has 152 valence electrons. The fourth-order valence-electron chi connectivity index (χ4n) is 2.77. The van der Waals surface area contributed by atoms with Crippen LogP contribution in [-0.4, -0.2) is 25.2 Å². The minimum absolute atomic E-state index is 0.0198. The van der Waals surface area contributed by atoms with Crippen molar-refractivity contribution in [2.45, 2.75) is 26.4 Å². The maximum Gasteiger partial charge on any atom is 0.333 e. The average Bonchev–Trinajstić information content (AvgIpc) is 2.96. The first-order valence-electron chi connectivity index (χ1n) is 9.01. The Balaban J connectivity index is 1.93. The molecule has 1 fully saturated rings. The molecule has 1 aliphatic heterocycles. The number of anilines is 1. The summed E-state index contributed by atoms with van der Waals surface area (Å²) < 4.78 is 12.0. The van der Waals surface area contributed by atoms with Crippen molar-refractivity contribution in [2.75, 3.05) is 12.0 Å². The van der Waals surface area contributed by atoms with Crippen molar-refractivity contribution >= 4 is 51.2 Å². The monoisotopic (exact) mass is 478 g/mol. The molecular weight excluding hydrogens is 460 g/mol. The first kappa shape index (κ1) is 21.2. The number of rotatable bonds is 6. The summed E-state index contributed by atoms with van der Waals surface area (Å²) in [6, 6.07) is 9.57. The van der Waals surface area contributed by atoms with Gasteiger partial charge in [0.2, 0.25) is 0 Å². The first-order valence-corrected chi connectivity index (χ1v) is 10.2. The Morgan fingerprint density at radius 3 is 2.69 bits per heavy atom. The van der Waals surface area contributed by atoms with Gasteiger partial charge < -0.3 is 14.8 Å². The van der Waals surface area contributed by atoms with Crippen molar-refractivity contribution < 1.29 is 19.1 Å². The van der Waals surface area contributed by atoms with Gasteiger partial charge in [0.25, 0.3) is 5.91 Å². The summed E-state index contributed by atoms with van der Waals surface area (Å²) >= 11 is 9.48. The molecule has 0 aromatic heterocycles. The number of carbonyl (C=O) groups excluding carboxylic acids is 2. The van der Waals surface area contributed by atoms with E-state index >= 15 is 0 Å². The van der Waals surface area contributed by atoms with Gasteiger partial charge >= 0.3 is 6.03 Å². The Morgan fingerprint density at radius 2 is 2.03 bits per heavy atom. The molecule has 2 aromatic carbocycles. The normalized spacial score (nSPS) is 16.2. The minimum atomic E-state index is -0.536. The number of nitrogens with one attached hydrogen (secondary N) is 1. The highest BCUT2D eigenvalue weighted by atomic mass is 79.9. The molecule has 6 nitrogen and oxygen atoms in total. The fraction of sp³-hybridized carbons (Fsp3) is 0.238. The summed E-state index contributed by atoms with van der Waals surface area (Å²) in [7, 11) is 1.55. The Labute approximate surface area is 182 Å². The number of amides is 3. The molecule has 0 bridgehead atoms. The molecule has 0 aliphatic carbocycles. The zero-order chi connectivity index (χ0) is 21.1. The average molecular weight is 480 g/mol. The van der Waals surface area contributed by atoms with Crippen LogP contribution in [0, 0.1) is 0 Å². The number of carbonyl (C=O) groups is 2. The maximum absolute atomic E-state index is 12.8. The molecule has 3 rings (SSSR count). The van der Waals surface area contributed by atoms with Gasteiger partial charge in [-0.2, -0.15) is 0 Å². The number of ether oxygens (including phenoxy) is 2. The van der Waals surface area contributed by atoms with E-state index < -0.39 is 11.9 Å². The van der Waals surface area contributed by atoms with Crippen molar-refractivity contribution in [3.63, 3.8) is 0 Å². The largest absolute Gasteiger partial charge is 0.493 e. The number of nitrogens with zero attached hydrogens (tertiary/aromatic N) is 1. The number of halogens is 2. The molecule has 1 heterocycles. The molecule has 8 heteroatoms. The van der Waals surface area contributed by atoms with Crippen molar-refractivity contribution in [3.8, 4) is 11.5 Å². The second-order valence-corrected chi connectivity index (χ2v) is 7.77. The zero-order valence-electron chi connectivity index (χ0n) is 16.2. The number of hydrogen-bond donors (Lipinski definition) is 1. The van der Waals surface area contributed by atoms with Crippen LogP contribution in [0.15, 0.2) is 46.6 Å². The molecule has 1 atom stereocenters. The van der Waals surface area contributed by atoms with Gasteiger partial charge in [0.15, 0.2) is 11.5 Å². The third-order valence-corrected chi connectivity index (χ3v) is 5.23. The SMILES string of the molecule is CC[C@H](C)Oc1c(Br)cc(/C=C2/NC(=O)N(c3cccc(Cl)c3)C2=O)cc1OC. The Hall–Kier alpha value is -2.51. The summed E-state index contributed by atoms with van der Waals surface area (Å²) in [6.45, 7) is 4.00. The van der Waals surface area contributed by atoms with Crippen LogP contribution < -0.4 is 19.7 Å². The number of hydrogen-bond acceptors (Lipinski definition) is 4. The molecule has 1 aliphatic rings. The lowest BCUT2D eigenvalue weighted by molar-refractivity contribution is -0.113. The van der Waals surface area contributed by atoms with Gasteiger partial charge in [0.05, 0.1) is 23.4 Å². The van der Waals surface area contributed by atoms with Crippen molar-refractivity contribution in [3.05, 3.63) is 57.2 Å². The van der Waals surface area contributed by atoms with Crippen molar-refractivity contribution in [2.24, 2.45) is 0 Å². The van der Waals surface area contributed by atoms with E-state index in [1.54, 1.807) is 49.6 Å². The lowest BCUT2D eigenvalue weighted by atomic mass is 10.1. The number of urea groups is 1. The summed E-state index contributed by atoms with van der Waals surface area (Å²) in [5, 5.41) is 3.04. The van der Waals surface area contributed by atoms with E-state index in [4.69, 9.17) is 21.1 Å². The van der Waals surface area contributed by atoms with Gasteiger partial charge in [-0.05, 0) is 71.2 Å². The number of methoxy groups -OCH3 is 1. The smallest absolute Gasteiger partial charge is 0.333 e. The highest BCUT2D eigenvalue weighted by molar-refractivity contribution is 9.10. The van der Waals surface area contributed by atoms with E-state index in [0.29, 0.717) is 32.2 Å². The van der Waals surface area contributed by atoms with Gasteiger partial charge in [-0.25, -0.2) is 9.69 Å². The van der Waals surface area contributed by atoms with Crippen LogP contribution in [0.4, 0.5) is 10.5 Å². The summed E-state index contributed by atoms with van der Waals surface area (Å²) in [4.78, 5) is 26.2. The lowest BCUT2D eigenvalue weighted by Crippen LogP contribution is -2.30. The molecule has 3 amide bonds. The molecule has 0 spiro atoms. The standard InChI is InChI=1S/C21H20BrClN2O4/c1-4-12(2)29-19-16(22)8-13(10-18(19)28-3)9-17-20(26)25(21(27)24-17)15-7-5-6-14(23)11-15/h5-12H,4H2,1-3H3,(H,24,27)/b17-9+/t12-/m0/s1. The highest BCUT2D eigenvalue weighted by Crippen LogP contribution is 2.38. The fourth-order valence-corrected chi connectivity index (χ4v) is 3.51. The number of imide groups is 1. The van der Waals surface area contributed by atoms with E-state index in [0.717, 1.165) is 11.3 Å². The molecule has 2 aromatic rings.